The molecule has 1 nitrogen and oxygen atoms in total. The number of hydrogen-bond donors (Lipinski definition) is 0. The predicted molar refractivity (Wildman–Crippen MR) is 83.4 cm³/mol. The van der Waals surface area contributed by atoms with Crippen molar-refractivity contribution in [2.45, 2.75) is 64.7 Å². The van der Waals surface area contributed by atoms with Gasteiger partial charge in [0.15, 0.2) is 0 Å². The standard InChI is InChI=1S/C16H30BrN/c1-2-15-7-11-18(12-8-15)14-16(13-17)9-5-3-4-6-10-16/h15H,2-14H2,1H3. The van der Waals surface area contributed by atoms with Crippen LogP contribution in [0.2, 0.25) is 0 Å². The normalized spacial score (nSPS) is 27.0. The zero-order valence-corrected chi connectivity index (χ0v) is 13.7. The molecule has 1 saturated carbocycles. The Morgan fingerprint density at radius 3 is 2.17 bits per heavy atom. The van der Waals surface area contributed by atoms with E-state index >= 15 is 0 Å². The molecule has 1 aliphatic heterocycles. The third kappa shape index (κ3) is 3.96. The van der Waals surface area contributed by atoms with Crippen LogP contribution in [0.3, 0.4) is 0 Å². The maximum atomic E-state index is 3.83. The summed E-state index contributed by atoms with van der Waals surface area (Å²) >= 11 is 3.83. The summed E-state index contributed by atoms with van der Waals surface area (Å²) in [4.78, 5) is 2.76. The average molecular weight is 316 g/mol. The molecule has 0 bridgehead atoms. The van der Waals surface area contributed by atoms with Gasteiger partial charge in [-0.15, -0.1) is 0 Å². The van der Waals surface area contributed by atoms with Gasteiger partial charge in [-0.05, 0) is 50.1 Å². The van der Waals surface area contributed by atoms with Crippen LogP contribution in [0.5, 0.6) is 0 Å². The SMILES string of the molecule is CCC1CCN(CC2(CBr)CCCCCC2)CC1. The second-order valence-electron chi connectivity index (χ2n) is 6.68. The summed E-state index contributed by atoms with van der Waals surface area (Å²) in [6.45, 7) is 6.42. The van der Waals surface area contributed by atoms with Gasteiger partial charge in [0.05, 0.1) is 0 Å². The molecule has 1 saturated heterocycles. The Morgan fingerprint density at radius 2 is 1.67 bits per heavy atom. The van der Waals surface area contributed by atoms with Crippen LogP contribution >= 0.6 is 15.9 Å². The summed E-state index contributed by atoms with van der Waals surface area (Å²) in [7, 11) is 0. The van der Waals surface area contributed by atoms with Crippen molar-refractivity contribution in [2.75, 3.05) is 25.0 Å². The molecule has 1 aliphatic carbocycles. The average Bonchev–Trinajstić information content (AvgIpc) is 2.66. The molecule has 0 aromatic rings. The summed E-state index contributed by atoms with van der Waals surface area (Å²) in [6.07, 6.45) is 13.0. The molecule has 2 fully saturated rings. The van der Waals surface area contributed by atoms with Crippen molar-refractivity contribution in [3.05, 3.63) is 0 Å². The highest BCUT2D eigenvalue weighted by atomic mass is 79.9. The van der Waals surface area contributed by atoms with Gasteiger partial charge in [0.25, 0.3) is 0 Å². The number of piperidine rings is 1. The number of likely N-dealkylation sites (tertiary alicyclic amines) is 1. The van der Waals surface area contributed by atoms with Crippen LogP contribution in [0, 0.1) is 11.3 Å². The lowest BCUT2D eigenvalue weighted by Crippen LogP contribution is -2.42. The summed E-state index contributed by atoms with van der Waals surface area (Å²) < 4.78 is 0. The number of rotatable bonds is 4. The number of halogens is 1. The fourth-order valence-corrected chi connectivity index (χ4v) is 4.58. The van der Waals surface area contributed by atoms with Gasteiger partial charge < -0.3 is 4.90 Å². The predicted octanol–water partition coefficient (Wildman–Crippen LogP) is 4.84. The topological polar surface area (TPSA) is 3.24 Å². The van der Waals surface area contributed by atoms with E-state index in [2.05, 4.69) is 27.8 Å². The molecule has 0 atom stereocenters. The molecule has 0 radical (unpaired) electrons. The van der Waals surface area contributed by atoms with Crippen molar-refractivity contribution >= 4 is 15.9 Å². The van der Waals surface area contributed by atoms with Gasteiger partial charge in [-0.1, -0.05) is 55.0 Å². The molecular formula is C16H30BrN. The summed E-state index contributed by atoms with van der Waals surface area (Å²) in [5, 5.41) is 1.22. The molecular weight excluding hydrogens is 286 g/mol. The molecule has 0 aromatic carbocycles. The van der Waals surface area contributed by atoms with E-state index in [0.29, 0.717) is 5.41 Å². The van der Waals surface area contributed by atoms with E-state index in [1.54, 1.807) is 0 Å². The monoisotopic (exact) mass is 315 g/mol. The van der Waals surface area contributed by atoms with Gasteiger partial charge in [-0.2, -0.15) is 0 Å². The smallest absolute Gasteiger partial charge is 0.0100 e. The van der Waals surface area contributed by atoms with Crippen LogP contribution in [0.4, 0.5) is 0 Å². The van der Waals surface area contributed by atoms with Crippen LogP contribution < -0.4 is 0 Å². The summed E-state index contributed by atoms with van der Waals surface area (Å²) in [5.41, 5.74) is 0.593. The molecule has 0 amide bonds. The first-order chi connectivity index (χ1) is 8.78. The van der Waals surface area contributed by atoms with E-state index in [4.69, 9.17) is 0 Å². The van der Waals surface area contributed by atoms with Gasteiger partial charge in [-0.3, -0.25) is 0 Å². The molecule has 2 rings (SSSR count). The number of hydrogen-bond acceptors (Lipinski definition) is 1. The Balaban J connectivity index is 1.85. The Hall–Kier alpha value is 0.440. The first-order valence-corrected chi connectivity index (χ1v) is 9.18. The fourth-order valence-electron chi connectivity index (χ4n) is 3.84. The Labute approximate surface area is 122 Å². The minimum absolute atomic E-state index is 0.593. The minimum Gasteiger partial charge on any atom is -0.303 e. The Morgan fingerprint density at radius 1 is 1.06 bits per heavy atom. The third-order valence-electron chi connectivity index (χ3n) is 5.29. The van der Waals surface area contributed by atoms with Gasteiger partial charge in [0, 0.05) is 11.9 Å². The summed E-state index contributed by atoms with van der Waals surface area (Å²) in [5.74, 6) is 1.01. The first kappa shape index (κ1) is 14.8. The quantitative estimate of drug-likeness (QED) is 0.530. The van der Waals surface area contributed by atoms with E-state index < -0.39 is 0 Å². The lowest BCUT2D eigenvalue weighted by atomic mass is 9.81. The van der Waals surface area contributed by atoms with Crippen LogP contribution in [0.15, 0.2) is 0 Å². The molecule has 0 unspecified atom stereocenters. The van der Waals surface area contributed by atoms with Crippen LogP contribution in [0.1, 0.15) is 64.7 Å². The lowest BCUT2D eigenvalue weighted by Gasteiger charge is -2.40. The van der Waals surface area contributed by atoms with Crippen LogP contribution in [-0.2, 0) is 0 Å². The van der Waals surface area contributed by atoms with E-state index in [1.165, 1.54) is 82.8 Å². The molecule has 18 heavy (non-hydrogen) atoms. The molecule has 0 N–H and O–H groups in total. The first-order valence-electron chi connectivity index (χ1n) is 8.06. The van der Waals surface area contributed by atoms with Gasteiger partial charge in [-0.25, -0.2) is 0 Å². The minimum atomic E-state index is 0.593. The van der Waals surface area contributed by atoms with E-state index in [1.807, 2.05) is 0 Å². The van der Waals surface area contributed by atoms with Crippen molar-refractivity contribution in [1.82, 2.24) is 4.90 Å². The van der Waals surface area contributed by atoms with Crippen molar-refractivity contribution in [1.29, 1.82) is 0 Å². The van der Waals surface area contributed by atoms with Gasteiger partial charge in [0.1, 0.15) is 0 Å². The molecule has 2 aliphatic rings. The highest BCUT2D eigenvalue weighted by Crippen LogP contribution is 2.38. The number of alkyl halides is 1. The maximum absolute atomic E-state index is 3.83. The van der Waals surface area contributed by atoms with Crippen molar-refractivity contribution in [3.63, 3.8) is 0 Å². The van der Waals surface area contributed by atoms with Gasteiger partial charge >= 0.3 is 0 Å². The van der Waals surface area contributed by atoms with Crippen molar-refractivity contribution < 1.29 is 0 Å². The highest BCUT2D eigenvalue weighted by molar-refractivity contribution is 9.09. The molecule has 2 heteroatoms. The van der Waals surface area contributed by atoms with Crippen molar-refractivity contribution in [2.24, 2.45) is 11.3 Å². The van der Waals surface area contributed by atoms with Crippen LogP contribution in [-0.4, -0.2) is 29.9 Å². The Kier molecular flexibility index (Phi) is 6.00. The Bertz CT molecular complexity index is 225. The third-order valence-corrected chi connectivity index (χ3v) is 6.48. The van der Waals surface area contributed by atoms with E-state index in [0.717, 1.165) is 5.92 Å². The lowest BCUT2D eigenvalue weighted by molar-refractivity contribution is 0.111. The zero-order valence-electron chi connectivity index (χ0n) is 12.1. The fraction of sp³-hybridized carbons (Fsp3) is 1.00. The van der Waals surface area contributed by atoms with E-state index in [9.17, 15) is 0 Å². The molecule has 106 valence electrons. The van der Waals surface area contributed by atoms with Crippen molar-refractivity contribution in [3.8, 4) is 0 Å². The second kappa shape index (κ2) is 7.28. The highest BCUT2D eigenvalue weighted by Gasteiger charge is 2.32. The molecule has 0 aromatic heterocycles. The van der Waals surface area contributed by atoms with E-state index in [-0.39, 0.29) is 0 Å². The summed E-state index contributed by atoms with van der Waals surface area (Å²) in [6, 6.07) is 0. The molecule has 0 spiro atoms. The maximum Gasteiger partial charge on any atom is 0.0100 e. The van der Waals surface area contributed by atoms with Crippen LogP contribution in [0.25, 0.3) is 0 Å². The molecule has 1 heterocycles. The zero-order chi connectivity index (χ0) is 12.8. The number of nitrogens with zero attached hydrogens (tertiary/aromatic N) is 1. The largest absolute Gasteiger partial charge is 0.303 e. The second-order valence-corrected chi connectivity index (χ2v) is 7.24. The van der Waals surface area contributed by atoms with Gasteiger partial charge in [0.2, 0.25) is 0 Å².